The van der Waals surface area contributed by atoms with Crippen molar-refractivity contribution in [3.05, 3.63) is 243 Å². The molecule has 0 saturated heterocycles. The van der Waals surface area contributed by atoms with Crippen LogP contribution in [0.1, 0.15) is 0 Å². The van der Waals surface area contributed by atoms with E-state index in [1.165, 1.54) is 33.4 Å². The molecule has 0 N–H and O–H groups in total. The molecule has 2 heterocycles. The van der Waals surface area contributed by atoms with E-state index < -0.39 is 0 Å². The Morgan fingerprint density at radius 3 is 1.00 bits per heavy atom. The van der Waals surface area contributed by atoms with Crippen molar-refractivity contribution in [3.63, 3.8) is 0 Å². The molecule has 0 amide bonds. The molecule has 9 aromatic carbocycles. The van der Waals surface area contributed by atoms with Gasteiger partial charge in [-0.15, -0.1) is 0 Å². The van der Waals surface area contributed by atoms with Gasteiger partial charge >= 0.3 is 0 Å². The lowest BCUT2D eigenvalue weighted by atomic mass is 9.90. The van der Waals surface area contributed by atoms with Gasteiger partial charge in [0.2, 0.25) is 0 Å². The molecule has 0 atom stereocenters. The van der Waals surface area contributed by atoms with Gasteiger partial charge in [-0.05, 0) is 85.3 Å². The van der Waals surface area contributed by atoms with Crippen molar-refractivity contribution in [2.24, 2.45) is 0 Å². The number of pyridine rings is 2. The Hall–Kier alpha value is -8.20. The number of fused-ring (bicyclic) bond motifs is 3. The molecule has 11 rings (SSSR count). The first-order valence-corrected chi connectivity index (χ1v) is 21.1. The van der Waals surface area contributed by atoms with Crippen LogP contribution >= 0.6 is 0 Å². The number of hydrogen-bond donors (Lipinski definition) is 0. The third-order valence-electron chi connectivity index (χ3n) is 11.9. The Balaban J connectivity index is 1.05. The van der Waals surface area contributed by atoms with Crippen molar-refractivity contribution in [2.75, 3.05) is 0 Å². The number of rotatable bonds is 8. The summed E-state index contributed by atoms with van der Waals surface area (Å²) >= 11 is 0. The normalized spacial score (nSPS) is 11.2. The molecule has 0 unspecified atom stereocenters. The molecule has 0 aliphatic rings. The van der Waals surface area contributed by atoms with Gasteiger partial charge in [-0.25, -0.2) is 9.97 Å². The molecule has 0 bridgehead atoms. The quantitative estimate of drug-likeness (QED) is 0.143. The summed E-state index contributed by atoms with van der Waals surface area (Å²) in [7, 11) is 0. The van der Waals surface area contributed by atoms with Gasteiger partial charge in [0.05, 0.1) is 22.6 Å². The molecule has 0 saturated carbocycles. The van der Waals surface area contributed by atoms with E-state index in [2.05, 4.69) is 237 Å². The first-order valence-electron chi connectivity index (χ1n) is 21.1. The molecule has 2 nitrogen and oxygen atoms in total. The Morgan fingerprint density at radius 2 is 0.516 bits per heavy atom. The standard InChI is InChI=1S/C60H40N2/c1-5-15-41(16-6-1)44-25-29-47(30-26-44)55-40-59(50-33-27-45(28-34-50)42-17-7-2-8-18-42)62-60-53-24-14-13-23-52(53)54(39-56(55)60)46-31-35-49(36-32-46)58-38-51(43-19-9-3-10-20-43)37-57(61-58)48-21-11-4-12-22-48/h1-40H. The van der Waals surface area contributed by atoms with Crippen molar-refractivity contribution >= 4 is 21.7 Å². The highest BCUT2D eigenvalue weighted by molar-refractivity contribution is 6.16. The van der Waals surface area contributed by atoms with Gasteiger partial charge in [-0.1, -0.05) is 218 Å². The third-order valence-corrected chi connectivity index (χ3v) is 11.9. The second-order valence-electron chi connectivity index (χ2n) is 15.7. The number of nitrogens with zero attached hydrogens (tertiary/aromatic N) is 2. The number of aromatic nitrogens is 2. The SMILES string of the molecule is c1ccc(-c2ccc(-c3cc(-c4ccc(-c5ccccc5)cc4)c4cc(-c5ccc(-c6cc(-c7ccccc7)cc(-c7ccccc7)n6)cc5)c5ccccc5c4n3)cc2)cc1. The molecular weight excluding hydrogens is 749 g/mol. The van der Waals surface area contributed by atoms with Crippen molar-refractivity contribution in [1.29, 1.82) is 0 Å². The minimum absolute atomic E-state index is 0.940. The van der Waals surface area contributed by atoms with Crippen LogP contribution in [0, 0.1) is 0 Å². The van der Waals surface area contributed by atoms with Gasteiger partial charge in [0.25, 0.3) is 0 Å². The molecule has 0 aliphatic heterocycles. The lowest BCUT2D eigenvalue weighted by Crippen LogP contribution is -1.94. The van der Waals surface area contributed by atoms with Crippen LogP contribution in [0.3, 0.4) is 0 Å². The maximum atomic E-state index is 5.47. The smallest absolute Gasteiger partial charge is 0.0794 e. The Bertz CT molecular complexity index is 3270. The van der Waals surface area contributed by atoms with Gasteiger partial charge in [-0.3, -0.25) is 0 Å². The van der Waals surface area contributed by atoms with E-state index in [0.717, 1.165) is 77.7 Å². The van der Waals surface area contributed by atoms with Crippen LogP contribution in [0.15, 0.2) is 243 Å². The number of benzene rings is 9. The van der Waals surface area contributed by atoms with E-state index in [9.17, 15) is 0 Å². The van der Waals surface area contributed by atoms with Crippen LogP contribution in [0.25, 0.3) is 111 Å². The van der Waals surface area contributed by atoms with Gasteiger partial charge in [0, 0.05) is 27.5 Å². The van der Waals surface area contributed by atoms with Crippen LogP contribution in [-0.2, 0) is 0 Å². The van der Waals surface area contributed by atoms with Crippen LogP contribution < -0.4 is 0 Å². The first kappa shape index (κ1) is 36.8. The van der Waals surface area contributed by atoms with Gasteiger partial charge in [-0.2, -0.15) is 0 Å². The zero-order valence-electron chi connectivity index (χ0n) is 34.0. The van der Waals surface area contributed by atoms with Crippen LogP contribution in [0.4, 0.5) is 0 Å². The molecule has 0 radical (unpaired) electrons. The summed E-state index contributed by atoms with van der Waals surface area (Å²) in [4.78, 5) is 10.7. The molecule has 2 heteroatoms. The van der Waals surface area contributed by atoms with E-state index in [1.807, 2.05) is 6.07 Å². The van der Waals surface area contributed by atoms with Crippen LogP contribution in [0.5, 0.6) is 0 Å². The highest BCUT2D eigenvalue weighted by Crippen LogP contribution is 2.41. The fraction of sp³-hybridized carbons (Fsp3) is 0. The summed E-state index contributed by atoms with van der Waals surface area (Å²) in [5, 5.41) is 3.40. The second kappa shape index (κ2) is 16.1. The number of hydrogen-bond acceptors (Lipinski definition) is 2. The lowest BCUT2D eigenvalue weighted by molar-refractivity contribution is 1.32. The van der Waals surface area contributed by atoms with Crippen LogP contribution in [0.2, 0.25) is 0 Å². The van der Waals surface area contributed by atoms with Gasteiger partial charge < -0.3 is 0 Å². The van der Waals surface area contributed by atoms with E-state index >= 15 is 0 Å². The summed E-state index contributed by atoms with van der Waals surface area (Å²) in [6.07, 6.45) is 0. The predicted octanol–water partition coefficient (Wildman–Crippen LogP) is 16.1. The summed E-state index contributed by atoms with van der Waals surface area (Å²) in [6.45, 7) is 0. The molecule has 11 aromatic rings. The molecule has 290 valence electrons. The third kappa shape index (κ3) is 7.14. The monoisotopic (exact) mass is 788 g/mol. The van der Waals surface area contributed by atoms with E-state index in [4.69, 9.17) is 9.97 Å². The summed E-state index contributed by atoms with van der Waals surface area (Å²) in [5.74, 6) is 0. The van der Waals surface area contributed by atoms with Crippen molar-refractivity contribution in [1.82, 2.24) is 9.97 Å². The summed E-state index contributed by atoms with van der Waals surface area (Å²) in [5.41, 5.74) is 18.8. The highest BCUT2D eigenvalue weighted by atomic mass is 14.7. The predicted molar refractivity (Wildman–Crippen MR) is 261 cm³/mol. The zero-order chi connectivity index (χ0) is 41.2. The van der Waals surface area contributed by atoms with E-state index in [1.54, 1.807) is 0 Å². The molecule has 0 aliphatic carbocycles. The fourth-order valence-electron chi connectivity index (χ4n) is 8.67. The maximum Gasteiger partial charge on any atom is 0.0794 e. The minimum atomic E-state index is 0.940. The Labute approximate surface area is 362 Å². The molecular formula is C60H40N2. The highest BCUT2D eigenvalue weighted by Gasteiger charge is 2.17. The summed E-state index contributed by atoms with van der Waals surface area (Å²) in [6, 6.07) is 86.5. The lowest BCUT2D eigenvalue weighted by Gasteiger charge is -2.16. The first-order chi connectivity index (χ1) is 30.7. The fourth-order valence-corrected chi connectivity index (χ4v) is 8.67. The molecule has 0 fully saturated rings. The maximum absolute atomic E-state index is 5.47. The van der Waals surface area contributed by atoms with E-state index in [0.29, 0.717) is 0 Å². The van der Waals surface area contributed by atoms with Crippen molar-refractivity contribution < 1.29 is 0 Å². The van der Waals surface area contributed by atoms with Gasteiger partial charge in [0.1, 0.15) is 0 Å². The van der Waals surface area contributed by atoms with Crippen molar-refractivity contribution in [2.45, 2.75) is 0 Å². The van der Waals surface area contributed by atoms with Crippen LogP contribution in [-0.4, -0.2) is 9.97 Å². The summed E-state index contributed by atoms with van der Waals surface area (Å²) < 4.78 is 0. The molecule has 2 aromatic heterocycles. The Morgan fingerprint density at radius 1 is 0.194 bits per heavy atom. The minimum Gasteiger partial charge on any atom is -0.248 e. The van der Waals surface area contributed by atoms with Gasteiger partial charge in [0.15, 0.2) is 0 Å². The zero-order valence-corrected chi connectivity index (χ0v) is 34.0. The largest absolute Gasteiger partial charge is 0.248 e. The average molecular weight is 789 g/mol. The second-order valence-corrected chi connectivity index (χ2v) is 15.7. The Kier molecular flexibility index (Phi) is 9.57. The average Bonchev–Trinajstić information content (AvgIpc) is 3.37. The molecule has 0 spiro atoms. The van der Waals surface area contributed by atoms with E-state index in [-0.39, 0.29) is 0 Å². The topological polar surface area (TPSA) is 25.8 Å². The van der Waals surface area contributed by atoms with Crippen molar-refractivity contribution in [3.8, 4) is 89.4 Å². The molecule has 62 heavy (non-hydrogen) atoms.